The number of hydrogen-bond donors (Lipinski definition) is 2. The maximum Gasteiger partial charge on any atom is 0.330 e. The zero-order chi connectivity index (χ0) is 25.9. The van der Waals surface area contributed by atoms with Crippen LogP contribution in [0.4, 0.5) is 0 Å². The molecule has 184 valence electrons. The summed E-state index contributed by atoms with van der Waals surface area (Å²) in [5.41, 5.74) is 2.44. The second kappa shape index (κ2) is 10.7. The molecule has 35 heavy (non-hydrogen) atoms. The molecule has 1 aromatic heterocycles. The molecule has 0 fully saturated rings. The minimum atomic E-state index is -1.17. The van der Waals surface area contributed by atoms with Crippen molar-refractivity contribution in [3.05, 3.63) is 90.7 Å². The lowest BCUT2D eigenvalue weighted by Gasteiger charge is -2.17. The van der Waals surface area contributed by atoms with Crippen LogP contribution in [0, 0.1) is 6.92 Å². The van der Waals surface area contributed by atoms with E-state index >= 15 is 0 Å². The van der Waals surface area contributed by atoms with Gasteiger partial charge in [-0.3, -0.25) is 14.2 Å². The minimum Gasteiger partial charge on any atom is -0.480 e. The zero-order valence-corrected chi connectivity index (χ0v) is 20.8. The van der Waals surface area contributed by atoms with E-state index in [-0.39, 0.29) is 11.4 Å². The number of nitrogens with one attached hydrogen (secondary N) is 1. The molecule has 0 spiro atoms. The number of aromatic nitrogens is 2. The van der Waals surface area contributed by atoms with Crippen molar-refractivity contribution in [2.45, 2.75) is 39.2 Å². The molecular weight excluding hydrogens is 470 g/mol. The predicted molar refractivity (Wildman–Crippen MR) is 135 cm³/mol. The SMILES string of the molecule is CCCc1cccc(Cl)c1C(=O)NC(Cc1ccc(-c2c(C)n(C)c(=O)n(C)c2=O)cc1)C(=O)O. The Morgan fingerprint density at radius 2 is 1.71 bits per heavy atom. The fourth-order valence-electron chi connectivity index (χ4n) is 4.05. The summed E-state index contributed by atoms with van der Waals surface area (Å²) >= 11 is 6.26. The molecule has 3 rings (SSSR count). The van der Waals surface area contributed by atoms with Gasteiger partial charge in [-0.25, -0.2) is 9.59 Å². The fourth-order valence-corrected chi connectivity index (χ4v) is 4.33. The first-order chi connectivity index (χ1) is 16.6. The summed E-state index contributed by atoms with van der Waals surface area (Å²) in [6.07, 6.45) is 1.50. The summed E-state index contributed by atoms with van der Waals surface area (Å²) in [6.45, 7) is 3.68. The Morgan fingerprint density at radius 3 is 2.31 bits per heavy atom. The Hall–Kier alpha value is -3.65. The average Bonchev–Trinajstić information content (AvgIpc) is 2.82. The van der Waals surface area contributed by atoms with Crippen molar-refractivity contribution in [3.63, 3.8) is 0 Å². The molecule has 0 aliphatic rings. The molecule has 2 N–H and O–H groups in total. The lowest BCUT2D eigenvalue weighted by molar-refractivity contribution is -0.139. The number of amides is 1. The number of halogens is 1. The highest BCUT2D eigenvalue weighted by molar-refractivity contribution is 6.34. The molecule has 0 saturated carbocycles. The van der Waals surface area contributed by atoms with E-state index in [1.165, 1.54) is 11.6 Å². The van der Waals surface area contributed by atoms with Crippen molar-refractivity contribution in [2.75, 3.05) is 0 Å². The van der Waals surface area contributed by atoms with Gasteiger partial charge in [0.25, 0.3) is 11.5 Å². The van der Waals surface area contributed by atoms with E-state index in [9.17, 15) is 24.3 Å². The Balaban J connectivity index is 1.86. The molecule has 1 atom stereocenters. The highest BCUT2D eigenvalue weighted by Gasteiger charge is 2.24. The maximum absolute atomic E-state index is 12.9. The molecule has 1 amide bonds. The van der Waals surface area contributed by atoms with Gasteiger partial charge in [0.15, 0.2) is 0 Å². The molecule has 0 saturated heterocycles. The molecule has 2 aromatic carbocycles. The van der Waals surface area contributed by atoms with Crippen LogP contribution in [0.15, 0.2) is 52.1 Å². The van der Waals surface area contributed by atoms with Crippen molar-refractivity contribution >= 4 is 23.5 Å². The summed E-state index contributed by atoms with van der Waals surface area (Å²) in [5, 5.41) is 12.6. The number of carbonyl (C=O) groups excluding carboxylic acids is 1. The third kappa shape index (κ3) is 5.38. The number of hydrogen-bond acceptors (Lipinski definition) is 4. The minimum absolute atomic E-state index is 0.0409. The van der Waals surface area contributed by atoms with Crippen LogP contribution in [0.5, 0.6) is 0 Å². The van der Waals surface area contributed by atoms with Gasteiger partial charge in [-0.2, -0.15) is 0 Å². The van der Waals surface area contributed by atoms with Crippen LogP contribution < -0.4 is 16.6 Å². The molecule has 3 aromatic rings. The molecule has 0 aliphatic heterocycles. The van der Waals surface area contributed by atoms with Crippen molar-refractivity contribution < 1.29 is 14.7 Å². The van der Waals surface area contributed by atoms with Crippen LogP contribution in [-0.2, 0) is 31.7 Å². The second-order valence-corrected chi connectivity index (χ2v) is 8.86. The lowest BCUT2D eigenvalue weighted by Crippen LogP contribution is -2.42. The smallest absolute Gasteiger partial charge is 0.330 e. The van der Waals surface area contributed by atoms with E-state index in [1.54, 1.807) is 50.4 Å². The summed E-state index contributed by atoms with van der Waals surface area (Å²) in [6, 6.07) is 10.8. The Labute approximate surface area is 207 Å². The fraction of sp³-hybridized carbons (Fsp3) is 0.308. The Morgan fingerprint density at radius 1 is 1.06 bits per heavy atom. The van der Waals surface area contributed by atoms with E-state index in [1.807, 2.05) is 13.0 Å². The Kier molecular flexibility index (Phi) is 7.96. The largest absolute Gasteiger partial charge is 0.480 e. The molecule has 0 bridgehead atoms. The van der Waals surface area contributed by atoms with Crippen LogP contribution >= 0.6 is 11.6 Å². The molecule has 0 aliphatic carbocycles. The van der Waals surface area contributed by atoms with Gasteiger partial charge in [-0.15, -0.1) is 0 Å². The highest BCUT2D eigenvalue weighted by atomic mass is 35.5. The van der Waals surface area contributed by atoms with Crippen molar-refractivity contribution in [1.82, 2.24) is 14.5 Å². The van der Waals surface area contributed by atoms with Crippen LogP contribution in [-0.4, -0.2) is 32.2 Å². The first-order valence-electron chi connectivity index (χ1n) is 11.2. The lowest BCUT2D eigenvalue weighted by atomic mass is 9.99. The molecule has 9 heteroatoms. The number of carboxylic acids is 1. The van der Waals surface area contributed by atoms with Crippen molar-refractivity contribution in [3.8, 4) is 11.1 Å². The molecule has 1 heterocycles. The van der Waals surface area contributed by atoms with E-state index in [0.29, 0.717) is 34.4 Å². The second-order valence-electron chi connectivity index (χ2n) is 8.46. The number of aliphatic carboxylic acids is 1. The summed E-state index contributed by atoms with van der Waals surface area (Å²) < 4.78 is 2.45. The van der Waals surface area contributed by atoms with Crippen molar-refractivity contribution in [1.29, 1.82) is 0 Å². The van der Waals surface area contributed by atoms with Gasteiger partial charge in [-0.1, -0.05) is 61.3 Å². The number of carboxylic acid groups (broad SMARTS) is 1. The summed E-state index contributed by atoms with van der Waals surface area (Å²) in [5.74, 6) is -1.71. The number of rotatable bonds is 8. The third-order valence-electron chi connectivity index (χ3n) is 6.09. The van der Waals surface area contributed by atoms with E-state index in [2.05, 4.69) is 5.32 Å². The first kappa shape index (κ1) is 26.0. The number of nitrogens with zero attached hydrogens (tertiary/aromatic N) is 2. The molecule has 0 radical (unpaired) electrons. The zero-order valence-electron chi connectivity index (χ0n) is 20.1. The van der Waals surface area contributed by atoms with Gasteiger partial charge < -0.3 is 15.0 Å². The van der Waals surface area contributed by atoms with Gasteiger partial charge >= 0.3 is 11.7 Å². The van der Waals surface area contributed by atoms with E-state index in [4.69, 9.17) is 11.6 Å². The quantitative estimate of drug-likeness (QED) is 0.497. The summed E-state index contributed by atoms with van der Waals surface area (Å²) in [4.78, 5) is 49.7. The van der Waals surface area contributed by atoms with Crippen LogP contribution in [0.1, 0.15) is 40.5 Å². The maximum atomic E-state index is 12.9. The van der Waals surface area contributed by atoms with Gasteiger partial charge in [-0.05, 0) is 36.1 Å². The number of aryl methyl sites for hydroxylation is 1. The molecule has 1 unspecified atom stereocenters. The van der Waals surface area contributed by atoms with Crippen LogP contribution in [0.3, 0.4) is 0 Å². The standard InChI is InChI=1S/C26H28ClN3O5/c1-5-7-17-8-6-9-19(27)22(17)23(31)28-20(25(33)34)14-16-10-12-18(13-11-16)21-15(2)29(3)26(35)30(4)24(21)32/h6,8-13,20H,5,7,14H2,1-4H3,(H,28,31)(H,33,34). The number of benzene rings is 2. The first-order valence-corrected chi connectivity index (χ1v) is 11.6. The number of carbonyl (C=O) groups is 2. The van der Waals surface area contributed by atoms with E-state index < -0.39 is 29.2 Å². The van der Waals surface area contributed by atoms with Gasteiger partial charge in [0.2, 0.25) is 0 Å². The molecular formula is C26H28ClN3O5. The van der Waals surface area contributed by atoms with Gasteiger partial charge in [0.05, 0.1) is 16.1 Å². The van der Waals surface area contributed by atoms with Gasteiger partial charge in [0.1, 0.15) is 6.04 Å². The third-order valence-corrected chi connectivity index (χ3v) is 6.40. The van der Waals surface area contributed by atoms with Crippen LogP contribution in [0.2, 0.25) is 5.02 Å². The highest BCUT2D eigenvalue weighted by Crippen LogP contribution is 2.22. The molecule has 8 nitrogen and oxygen atoms in total. The van der Waals surface area contributed by atoms with E-state index in [0.717, 1.165) is 16.6 Å². The predicted octanol–water partition coefficient (Wildman–Crippen LogP) is 3.09. The average molecular weight is 498 g/mol. The Bertz CT molecular complexity index is 1390. The van der Waals surface area contributed by atoms with Crippen molar-refractivity contribution in [2.24, 2.45) is 14.1 Å². The topological polar surface area (TPSA) is 110 Å². The summed E-state index contributed by atoms with van der Waals surface area (Å²) in [7, 11) is 3.02. The monoisotopic (exact) mass is 497 g/mol. The normalized spacial score (nSPS) is 11.8. The van der Waals surface area contributed by atoms with Gasteiger partial charge in [0, 0.05) is 26.2 Å². The van der Waals surface area contributed by atoms with Crippen LogP contribution in [0.25, 0.3) is 11.1 Å².